The number of oxazole rings is 1. The standard InChI is InChI=1S/C27H29FN8O2/c1-16-13-17(2)23(18(3)14-16)32-24(37)22-15-29-27(38-22)34-25-30-19(4)31-26(33-25)36-11-9-35(10-12-36)21-7-5-20(28)6-8-21/h5-8,13-15H,9-12H2,1-4H3,(H,32,37)(H,29,30,31,33,34). The number of piperazine rings is 1. The highest BCUT2D eigenvalue weighted by Gasteiger charge is 2.21. The first-order valence-electron chi connectivity index (χ1n) is 12.4. The molecule has 1 aliphatic heterocycles. The Labute approximate surface area is 220 Å². The van der Waals surface area contributed by atoms with Crippen molar-refractivity contribution in [3.8, 4) is 0 Å². The highest BCUT2D eigenvalue weighted by Crippen LogP contribution is 2.24. The Morgan fingerprint density at radius 1 is 0.921 bits per heavy atom. The number of anilines is 5. The molecule has 2 aromatic carbocycles. The fourth-order valence-electron chi connectivity index (χ4n) is 4.57. The lowest BCUT2D eigenvalue weighted by Gasteiger charge is -2.36. The van der Waals surface area contributed by atoms with Crippen molar-refractivity contribution >= 4 is 35.2 Å². The van der Waals surface area contributed by atoms with Crippen molar-refractivity contribution in [3.05, 3.63) is 76.7 Å². The first kappa shape index (κ1) is 25.1. The molecule has 1 amide bonds. The zero-order valence-electron chi connectivity index (χ0n) is 21.7. The molecular weight excluding hydrogens is 487 g/mol. The molecule has 38 heavy (non-hydrogen) atoms. The third kappa shape index (κ3) is 5.56. The van der Waals surface area contributed by atoms with Crippen LogP contribution in [-0.4, -0.2) is 52.0 Å². The van der Waals surface area contributed by atoms with Gasteiger partial charge in [-0.25, -0.2) is 9.37 Å². The van der Waals surface area contributed by atoms with Crippen LogP contribution in [0.4, 0.5) is 33.7 Å². The van der Waals surface area contributed by atoms with Crippen LogP contribution < -0.4 is 20.4 Å². The summed E-state index contributed by atoms with van der Waals surface area (Å²) in [5, 5.41) is 5.85. The van der Waals surface area contributed by atoms with E-state index in [2.05, 4.69) is 40.4 Å². The summed E-state index contributed by atoms with van der Waals surface area (Å²) >= 11 is 0. The van der Waals surface area contributed by atoms with Crippen molar-refractivity contribution in [3.63, 3.8) is 0 Å². The maximum atomic E-state index is 13.3. The summed E-state index contributed by atoms with van der Waals surface area (Å²) in [4.78, 5) is 34.6. The fourth-order valence-corrected chi connectivity index (χ4v) is 4.57. The Bertz CT molecular complexity index is 1440. The Balaban J connectivity index is 1.24. The monoisotopic (exact) mass is 516 g/mol. The summed E-state index contributed by atoms with van der Waals surface area (Å²) in [5.74, 6) is 0.764. The number of benzene rings is 2. The highest BCUT2D eigenvalue weighted by atomic mass is 19.1. The van der Waals surface area contributed by atoms with E-state index in [1.54, 1.807) is 19.1 Å². The number of carbonyl (C=O) groups excluding carboxylic acids is 1. The van der Waals surface area contributed by atoms with Gasteiger partial charge in [-0.1, -0.05) is 17.7 Å². The van der Waals surface area contributed by atoms with Gasteiger partial charge in [-0.2, -0.15) is 15.0 Å². The molecule has 1 aliphatic rings. The Morgan fingerprint density at radius 3 is 2.26 bits per heavy atom. The number of carbonyl (C=O) groups is 1. The van der Waals surface area contributed by atoms with Gasteiger partial charge in [0.15, 0.2) is 0 Å². The van der Waals surface area contributed by atoms with E-state index in [9.17, 15) is 9.18 Å². The molecule has 11 heteroatoms. The van der Waals surface area contributed by atoms with E-state index in [1.807, 2.05) is 32.9 Å². The molecule has 0 saturated carbocycles. The van der Waals surface area contributed by atoms with Crippen molar-refractivity contribution in [2.45, 2.75) is 27.7 Å². The average molecular weight is 517 g/mol. The molecule has 0 aliphatic carbocycles. The Hall–Kier alpha value is -4.54. The molecule has 0 bridgehead atoms. The van der Waals surface area contributed by atoms with E-state index in [0.717, 1.165) is 41.2 Å². The second kappa shape index (κ2) is 10.4. The predicted molar refractivity (Wildman–Crippen MR) is 144 cm³/mol. The van der Waals surface area contributed by atoms with Gasteiger partial charge in [0.2, 0.25) is 17.7 Å². The molecule has 196 valence electrons. The lowest BCUT2D eigenvalue weighted by molar-refractivity contribution is 0.0997. The number of hydrogen-bond acceptors (Lipinski definition) is 9. The third-order valence-corrected chi connectivity index (χ3v) is 6.35. The van der Waals surface area contributed by atoms with Crippen LogP contribution >= 0.6 is 0 Å². The van der Waals surface area contributed by atoms with Gasteiger partial charge < -0.3 is 19.5 Å². The fraction of sp³-hybridized carbons (Fsp3) is 0.296. The SMILES string of the molecule is Cc1cc(C)c(NC(=O)c2cnc(Nc3nc(C)nc(N4CCN(c5ccc(F)cc5)CC4)n3)o2)c(C)c1. The summed E-state index contributed by atoms with van der Waals surface area (Å²) in [7, 11) is 0. The van der Waals surface area contributed by atoms with Crippen molar-refractivity contribution in [2.24, 2.45) is 0 Å². The lowest BCUT2D eigenvalue weighted by Crippen LogP contribution is -2.47. The lowest BCUT2D eigenvalue weighted by atomic mass is 10.1. The van der Waals surface area contributed by atoms with Crippen LogP contribution in [0, 0.1) is 33.5 Å². The van der Waals surface area contributed by atoms with Gasteiger partial charge in [0.25, 0.3) is 5.91 Å². The molecule has 10 nitrogen and oxygen atoms in total. The molecule has 4 aromatic rings. The smallest absolute Gasteiger partial charge is 0.302 e. The molecular formula is C27H29FN8O2. The van der Waals surface area contributed by atoms with Crippen molar-refractivity contribution in [1.82, 2.24) is 19.9 Å². The largest absolute Gasteiger partial charge is 0.418 e. The summed E-state index contributed by atoms with van der Waals surface area (Å²) in [6, 6.07) is 10.6. The average Bonchev–Trinajstić information content (AvgIpc) is 3.35. The molecule has 0 unspecified atom stereocenters. The minimum absolute atomic E-state index is 0.0646. The van der Waals surface area contributed by atoms with Crippen molar-refractivity contribution in [1.29, 1.82) is 0 Å². The zero-order valence-corrected chi connectivity index (χ0v) is 21.7. The summed E-state index contributed by atoms with van der Waals surface area (Å²) in [6.07, 6.45) is 1.36. The van der Waals surface area contributed by atoms with E-state index >= 15 is 0 Å². The van der Waals surface area contributed by atoms with Crippen LogP contribution in [0.5, 0.6) is 0 Å². The molecule has 0 spiro atoms. The first-order valence-corrected chi connectivity index (χ1v) is 12.4. The van der Waals surface area contributed by atoms with Gasteiger partial charge in [0, 0.05) is 37.6 Å². The number of halogens is 1. The number of aromatic nitrogens is 4. The van der Waals surface area contributed by atoms with E-state index in [4.69, 9.17) is 4.42 Å². The zero-order chi connectivity index (χ0) is 26.8. The first-order chi connectivity index (χ1) is 18.2. The van der Waals surface area contributed by atoms with Gasteiger partial charge >= 0.3 is 6.01 Å². The molecule has 1 fully saturated rings. The van der Waals surface area contributed by atoms with E-state index in [0.29, 0.717) is 24.9 Å². The normalized spacial score (nSPS) is 13.5. The third-order valence-electron chi connectivity index (χ3n) is 6.35. The van der Waals surface area contributed by atoms with Gasteiger partial charge in [-0.3, -0.25) is 10.1 Å². The molecule has 0 atom stereocenters. The Morgan fingerprint density at radius 2 is 1.58 bits per heavy atom. The molecule has 2 N–H and O–H groups in total. The van der Waals surface area contributed by atoms with Crippen LogP contribution in [0.1, 0.15) is 33.1 Å². The number of amides is 1. The maximum Gasteiger partial charge on any atom is 0.302 e. The van der Waals surface area contributed by atoms with Crippen LogP contribution in [-0.2, 0) is 0 Å². The minimum atomic E-state index is -0.396. The van der Waals surface area contributed by atoms with Crippen molar-refractivity contribution in [2.75, 3.05) is 46.6 Å². The Kier molecular flexibility index (Phi) is 6.91. The van der Waals surface area contributed by atoms with Gasteiger partial charge in [0.05, 0.1) is 6.20 Å². The summed E-state index contributed by atoms with van der Waals surface area (Å²) in [5.41, 5.74) is 4.81. The minimum Gasteiger partial charge on any atom is -0.418 e. The van der Waals surface area contributed by atoms with Gasteiger partial charge in [-0.05, 0) is 63.1 Å². The van der Waals surface area contributed by atoms with Crippen LogP contribution in [0.2, 0.25) is 0 Å². The number of nitrogens with zero attached hydrogens (tertiary/aromatic N) is 6. The predicted octanol–water partition coefficient (Wildman–Crippen LogP) is 4.55. The number of hydrogen-bond donors (Lipinski definition) is 2. The molecule has 2 aromatic heterocycles. The number of nitrogens with one attached hydrogen (secondary N) is 2. The molecule has 5 rings (SSSR count). The quantitative estimate of drug-likeness (QED) is 0.381. The molecule has 1 saturated heterocycles. The second-order valence-electron chi connectivity index (χ2n) is 9.34. The van der Waals surface area contributed by atoms with Crippen LogP contribution in [0.3, 0.4) is 0 Å². The van der Waals surface area contributed by atoms with Crippen LogP contribution in [0.25, 0.3) is 0 Å². The summed E-state index contributed by atoms with van der Waals surface area (Å²) < 4.78 is 18.9. The van der Waals surface area contributed by atoms with Crippen LogP contribution in [0.15, 0.2) is 47.0 Å². The van der Waals surface area contributed by atoms with Crippen molar-refractivity contribution < 1.29 is 13.6 Å². The molecule has 0 radical (unpaired) electrons. The second-order valence-corrected chi connectivity index (χ2v) is 9.34. The number of rotatable bonds is 6. The topological polar surface area (TPSA) is 112 Å². The summed E-state index contributed by atoms with van der Waals surface area (Å²) in [6.45, 7) is 10.6. The van der Waals surface area contributed by atoms with Gasteiger partial charge in [0.1, 0.15) is 11.6 Å². The van der Waals surface area contributed by atoms with E-state index in [-0.39, 0.29) is 23.5 Å². The highest BCUT2D eigenvalue weighted by molar-refractivity contribution is 6.03. The maximum absolute atomic E-state index is 13.3. The van der Waals surface area contributed by atoms with E-state index < -0.39 is 5.91 Å². The number of aryl methyl sites for hydroxylation is 4. The van der Waals surface area contributed by atoms with E-state index in [1.165, 1.54) is 18.3 Å². The van der Waals surface area contributed by atoms with Gasteiger partial charge in [-0.15, -0.1) is 0 Å². The molecule has 3 heterocycles.